The number of rotatable bonds is 7. The highest BCUT2D eigenvalue weighted by atomic mass is 32.2. The summed E-state index contributed by atoms with van der Waals surface area (Å²) in [5.41, 5.74) is 4.56. The van der Waals surface area contributed by atoms with Gasteiger partial charge in [0, 0.05) is 23.9 Å². The van der Waals surface area contributed by atoms with Crippen LogP contribution in [-0.2, 0) is 6.54 Å². The number of anilines is 1. The highest BCUT2D eigenvalue weighted by Crippen LogP contribution is 2.25. The fraction of sp³-hybridized carbons (Fsp3) is 0.273. The number of aromatic nitrogens is 2. The van der Waals surface area contributed by atoms with Gasteiger partial charge in [0.25, 0.3) is 0 Å². The van der Waals surface area contributed by atoms with Gasteiger partial charge in [-0.2, -0.15) is 0 Å². The standard InChI is InChI=1S/C22H25N3S/c1-16(2)15-26-22-24-20(19-11-9-17(3)10-12-19)13-21(25-22)23-14-18-7-5-4-6-8-18/h4-13,16H,14-15H2,1-3H3,(H,23,24,25). The largest absolute Gasteiger partial charge is 0.366 e. The molecule has 26 heavy (non-hydrogen) atoms. The molecule has 0 saturated carbocycles. The van der Waals surface area contributed by atoms with Crippen molar-refractivity contribution in [1.29, 1.82) is 0 Å². The van der Waals surface area contributed by atoms with E-state index in [1.54, 1.807) is 11.8 Å². The molecule has 0 aliphatic carbocycles. The second kappa shape index (κ2) is 8.86. The van der Waals surface area contributed by atoms with Crippen molar-refractivity contribution in [3.05, 3.63) is 71.8 Å². The first-order valence-corrected chi connectivity index (χ1v) is 9.95. The molecular weight excluding hydrogens is 338 g/mol. The smallest absolute Gasteiger partial charge is 0.190 e. The summed E-state index contributed by atoms with van der Waals surface area (Å²) >= 11 is 1.71. The molecule has 134 valence electrons. The SMILES string of the molecule is Cc1ccc(-c2cc(NCc3ccccc3)nc(SCC(C)C)n2)cc1. The summed E-state index contributed by atoms with van der Waals surface area (Å²) in [6.07, 6.45) is 0. The van der Waals surface area contributed by atoms with Gasteiger partial charge in [0.15, 0.2) is 5.16 Å². The van der Waals surface area contributed by atoms with Crippen molar-refractivity contribution in [3.8, 4) is 11.3 Å². The van der Waals surface area contributed by atoms with E-state index in [2.05, 4.69) is 74.6 Å². The molecule has 0 spiro atoms. The Hall–Kier alpha value is -2.33. The molecule has 1 N–H and O–H groups in total. The molecule has 0 atom stereocenters. The summed E-state index contributed by atoms with van der Waals surface area (Å²) in [4.78, 5) is 9.48. The third-order valence-corrected chi connectivity index (χ3v) is 5.19. The third-order valence-electron chi connectivity index (χ3n) is 3.92. The molecule has 4 heteroatoms. The minimum Gasteiger partial charge on any atom is -0.366 e. The van der Waals surface area contributed by atoms with Crippen LogP contribution < -0.4 is 5.32 Å². The Kier molecular flexibility index (Phi) is 6.29. The summed E-state index contributed by atoms with van der Waals surface area (Å²) in [7, 11) is 0. The van der Waals surface area contributed by atoms with Crippen LogP contribution in [0.2, 0.25) is 0 Å². The van der Waals surface area contributed by atoms with Crippen molar-refractivity contribution in [3.63, 3.8) is 0 Å². The number of thioether (sulfide) groups is 1. The maximum atomic E-state index is 4.77. The molecule has 3 rings (SSSR count). The van der Waals surface area contributed by atoms with Crippen molar-refractivity contribution >= 4 is 17.6 Å². The number of hydrogen-bond donors (Lipinski definition) is 1. The monoisotopic (exact) mass is 363 g/mol. The van der Waals surface area contributed by atoms with Crippen LogP contribution in [0.4, 0.5) is 5.82 Å². The van der Waals surface area contributed by atoms with Crippen LogP contribution in [0.1, 0.15) is 25.0 Å². The van der Waals surface area contributed by atoms with Gasteiger partial charge in [-0.1, -0.05) is 85.8 Å². The molecule has 0 bridgehead atoms. The van der Waals surface area contributed by atoms with Gasteiger partial charge in [0.05, 0.1) is 5.69 Å². The van der Waals surface area contributed by atoms with E-state index in [0.29, 0.717) is 5.92 Å². The second-order valence-electron chi connectivity index (χ2n) is 6.83. The number of benzene rings is 2. The van der Waals surface area contributed by atoms with Gasteiger partial charge in [-0.25, -0.2) is 9.97 Å². The maximum absolute atomic E-state index is 4.77. The summed E-state index contributed by atoms with van der Waals surface area (Å²) < 4.78 is 0. The van der Waals surface area contributed by atoms with Crippen LogP contribution >= 0.6 is 11.8 Å². The molecule has 1 heterocycles. The van der Waals surface area contributed by atoms with E-state index in [0.717, 1.165) is 34.5 Å². The Morgan fingerprint density at radius 3 is 2.38 bits per heavy atom. The molecule has 0 saturated heterocycles. The zero-order chi connectivity index (χ0) is 18.4. The normalized spacial score (nSPS) is 10.9. The summed E-state index contributed by atoms with van der Waals surface area (Å²) in [6, 6.07) is 20.9. The molecule has 2 aromatic carbocycles. The first-order valence-electron chi connectivity index (χ1n) is 8.97. The number of aryl methyl sites for hydroxylation is 1. The molecule has 3 nitrogen and oxygen atoms in total. The zero-order valence-electron chi connectivity index (χ0n) is 15.6. The Labute approximate surface area is 160 Å². The lowest BCUT2D eigenvalue weighted by Crippen LogP contribution is -2.04. The fourth-order valence-electron chi connectivity index (χ4n) is 2.48. The Morgan fingerprint density at radius 1 is 0.962 bits per heavy atom. The second-order valence-corrected chi connectivity index (χ2v) is 7.82. The average Bonchev–Trinajstić information content (AvgIpc) is 2.66. The van der Waals surface area contributed by atoms with Gasteiger partial charge in [-0.05, 0) is 18.4 Å². The Morgan fingerprint density at radius 2 is 1.69 bits per heavy atom. The van der Waals surface area contributed by atoms with Crippen LogP contribution in [0.3, 0.4) is 0 Å². The molecule has 3 aromatic rings. The molecule has 0 aliphatic heterocycles. The Balaban J connectivity index is 1.85. The van der Waals surface area contributed by atoms with Crippen molar-refractivity contribution in [2.24, 2.45) is 5.92 Å². The average molecular weight is 364 g/mol. The quantitative estimate of drug-likeness (QED) is 0.424. The van der Waals surface area contributed by atoms with E-state index in [1.165, 1.54) is 11.1 Å². The number of nitrogens with zero attached hydrogens (tertiary/aromatic N) is 2. The topological polar surface area (TPSA) is 37.8 Å². The lowest BCUT2D eigenvalue weighted by molar-refractivity contribution is 0.748. The molecule has 0 unspecified atom stereocenters. The molecular formula is C22H25N3S. The highest BCUT2D eigenvalue weighted by molar-refractivity contribution is 7.99. The highest BCUT2D eigenvalue weighted by Gasteiger charge is 2.08. The van der Waals surface area contributed by atoms with Crippen LogP contribution in [-0.4, -0.2) is 15.7 Å². The zero-order valence-corrected chi connectivity index (χ0v) is 16.4. The summed E-state index contributed by atoms with van der Waals surface area (Å²) in [5, 5.41) is 4.27. The summed E-state index contributed by atoms with van der Waals surface area (Å²) in [6.45, 7) is 7.27. The fourth-order valence-corrected chi connectivity index (χ4v) is 3.29. The van der Waals surface area contributed by atoms with Crippen LogP contribution in [0, 0.1) is 12.8 Å². The summed E-state index contributed by atoms with van der Waals surface area (Å²) in [5.74, 6) is 2.48. The van der Waals surface area contributed by atoms with Crippen molar-refractivity contribution in [2.45, 2.75) is 32.5 Å². The Bertz CT molecular complexity index is 830. The van der Waals surface area contributed by atoms with Crippen LogP contribution in [0.25, 0.3) is 11.3 Å². The third kappa shape index (κ3) is 5.33. The minimum atomic E-state index is 0.604. The van der Waals surface area contributed by atoms with Crippen LogP contribution in [0.5, 0.6) is 0 Å². The van der Waals surface area contributed by atoms with E-state index in [4.69, 9.17) is 9.97 Å². The van der Waals surface area contributed by atoms with Gasteiger partial charge < -0.3 is 5.32 Å². The lowest BCUT2D eigenvalue weighted by Gasteiger charge is -2.11. The molecule has 1 aromatic heterocycles. The first kappa shape index (κ1) is 18.5. The molecule has 0 amide bonds. The van der Waals surface area contributed by atoms with Gasteiger partial charge >= 0.3 is 0 Å². The van der Waals surface area contributed by atoms with E-state index in [9.17, 15) is 0 Å². The number of nitrogens with one attached hydrogen (secondary N) is 1. The molecule has 0 fully saturated rings. The van der Waals surface area contributed by atoms with Gasteiger partial charge in [-0.15, -0.1) is 0 Å². The predicted octanol–water partition coefficient (Wildman–Crippen LogP) is 5.81. The van der Waals surface area contributed by atoms with E-state index in [1.807, 2.05) is 12.1 Å². The van der Waals surface area contributed by atoms with Crippen molar-refractivity contribution < 1.29 is 0 Å². The van der Waals surface area contributed by atoms with Crippen LogP contribution in [0.15, 0.2) is 65.8 Å². The van der Waals surface area contributed by atoms with E-state index in [-0.39, 0.29) is 0 Å². The number of hydrogen-bond acceptors (Lipinski definition) is 4. The molecule has 0 aliphatic rings. The van der Waals surface area contributed by atoms with Gasteiger partial charge in [-0.3, -0.25) is 0 Å². The molecule has 0 radical (unpaired) electrons. The first-order chi connectivity index (χ1) is 12.6. The lowest BCUT2D eigenvalue weighted by atomic mass is 10.1. The van der Waals surface area contributed by atoms with Crippen molar-refractivity contribution in [1.82, 2.24) is 9.97 Å². The van der Waals surface area contributed by atoms with E-state index >= 15 is 0 Å². The van der Waals surface area contributed by atoms with Crippen molar-refractivity contribution in [2.75, 3.05) is 11.1 Å². The van der Waals surface area contributed by atoms with Gasteiger partial charge in [0.1, 0.15) is 5.82 Å². The maximum Gasteiger partial charge on any atom is 0.190 e. The minimum absolute atomic E-state index is 0.604. The van der Waals surface area contributed by atoms with Gasteiger partial charge in [0.2, 0.25) is 0 Å². The predicted molar refractivity (Wildman–Crippen MR) is 112 cm³/mol. The van der Waals surface area contributed by atoms with E-state index < -0.39 is 0 Å².